The molecule has 0 aliphatic carbocycles. The lowest BCUT2D eigenvalue weighted by Gasteiger charge is -2.37. The highest BCUT2D eigenvalue weighted by Crippen LogP contribution is 2.25. The summed E-state index contributed by atoms with van der Waals surface area (Å²) in [4.78, 5) is 28.1. The van der Waals surface area contributed by atoms with Gasteiger partial charge in [-0.2, -0.15) is 0 Å². The summed E-state index contributed by atoms with van der Waals surface area (Å²) in [6, 6.07) is 5.70. The Hall–Kier alpha value is -2.04. The van der Waals surface area contributed by atoms with Gasteiger partial charge in [-0.3, -0.25) is 9.59 Å². The van der Waals surface area contributed by atoms with Crippen molar-refractivity contribution < 1.29 is 9.59 Å². The Bertz CT molecular complexity index is 550. The molecule has 2 fully saturated rings. The van der Waals surface area contributed by atoms with Crippen LogP contribution in [-0.2, 0) is 4.79 Å². The van der Waals surface area contributed by atoms with Crippen molar-refractivity contribution in [2.45, 2.75) is 25.8 Å². The average Bonchev–Trinajstić information content (AvgIpc) is 2.79. The maximum atomic E-state index is 12.7. The van der Waals surface area contributed by atoms with Crippen LogP contribution in [0, 0.1) is 6.92 Å². The van der Waals surface area contributed by atoms with Gasteiger partial charge in [-0.1, -0.05) is 12.1 Å². The van der Waals surface area contributed by atoms with Gasteiger partial charge in [0.15, 0.2) is 0 Å². The summed E-state index contributed by atoms with van der Waals surface area (Å²) < 4.78 is 0. The Morgan fingerprint density at radius 1 is 1.35 bits per heavy atom. The molecule has 2 heterocycles. The minimum Gasteiger partial charge on any atom is -0.398 e. The molecule has 0 spiro atoms. The Labute approximate surface area is 118 Å². The Balaban J connectivity index is 1.80. The molecule has 1 atom stereocenters. The smallest absolute Gasteiger partial charge is 0.256 e. The molecular formula is C15H19N3O2. The Morgan fingerprint density at radius 3 is 2.90 bits per heavy atom. The van der Waals surface area contributed by atoms with Crippen molar-refractivity contribution in [3.8, 4) is 0 Å². The molecule has 2 N–H and O–H groups in total. The predicted octanol–water partition coefficient (Wildman–Crippen LogP) is 1.02. The van der Waals surface area contributed by atoms with E-state index in [-0.39, 0.29) is 17.9 Å². The Morgan fingerprint density at radius 2 is 2.15 bits per heavy atom. The molecule has 0 radical (unpaired) electrons. The summed E-state index contributed by atoms with van der Waals surface area (Å²) in [5, 5.41) is 0. The van der Waals surface area contributed by atoms with Crippen molar-refractivity contribution >= 4 is 17.5 Å². The number of nitrogens with zero attached hydrogens (tertiary/aromatic N) is 2. The quantitative estimate of drug-likeness (QED) is 0.777. The van der Waals surface area contributed by atoms with E-state index in [4.69, 9.17) is 5.73 Å². The molecule has 106 valence electrons. The van der Waals surface area contributed by atoms with E-state index in [1.54, 1.807) is 6.07 Å². The van der Waals surface area contributed by atoms with E-state index in [1.807, 2.05) is 28.9 Å². The van der Waals surface area contributed by atoms with E-state index in [9.17, 15) is 9.59 Å². The molecule has 3 rings (SSSR count). The van der Waals surface area contributed by atoms with Crippen molar-refractivity contribution in [3.63, 3.8) is 0 Å². The van der Waals surface area contributed by atoms with E-state index < -0.39 is 0 Å². The monoisotopic (exact) mass is 273 g/mol. The molecule has 2 saturated heterocycles. The maximum Gasteiger partial charge on any atom is 0.256 e. The zero-order valence-electron chi connectivity index (χ0n) is 11.6. The lowest BCUT2D eigenvalue weighted by molar-refractivity contribution is -0.130. The summed E-state index contributed by atoms with van der Waals surface area (Å²) >= 11 is 0. The van der Waals surface area contributed by atoms with Crippen LogP contribution in [0.2, 0.25) is 0 Å². The number of fused-ring (bicyclic) bond motifs is 1. The normalized spacial score (nSPS) is 22.1. The topological polar surface area (TPSA) is 66.6 Å². The van der Waals surface area contributed by atoms with Gasteiger partial charge in [-0.15, -0.1) is 0 Å². The molecule has 1 aromatic rings. The highest BCUT2D eigenvalue weighted by atomic mass is 16.2. The molecule has 0 aromatic heterocycles. The SMILES string of the molecule is Cc1cccc(N)c1C(=O)N1CCN2C(=O)CCC2C1. The number of hydrogen-bond acceptors (Lipinski definition) is 3. The zero-order valence-corrected chi connectivity index (χ0v) is 11.6. The van der Waals surface area contributed by atoms with Crippen molar-refractivity contribution in [1.29, 1.82) is 0 Å². The minimum atomic E-state index is -0.0143. The van der Waals surface area contributed by atoms with Crippen LogP contribution in [0.25, 0.3) is 0 Å². The number of piperazine rings is 1. The first-order valence-electron chi connectivity index (χ1n) is 7.02. The number of aryl methyl sites for hydroxylation is 1. The number of carbonyl (C=O) groups excluding carboxylic acids is 2. The number of anilines is 1. The van der Waals surface area contributed by atoms with E-state index in [0.29, 0.717) is 37.3 Å². The first-order valence-corrected chi connectivity index (χ1v) is 7.02. The molecule has 20 heavy (non-hydrogen) atoms. The fourth-order valence-corrected chi connectivity index (χ4v) is 3.19. The third kappa shape index (κ3) is 2.03. The molecule has 1 unspecified atom stereocenters. The fraction of sp³-hybridized carbons (Fsp3) is 0.467. The minimum absolute atomic E-state index is 0.0143. The molecule has 0 saturated carbocycles. The van der Waals surface area contributed by atoms with Gasteiger partial charge in [0.05, 0.1) is 5.56 Å². The molecule has 5 nitrogen and oxygen atoms in total. The lowest BCUT2D eigenvalue weighted by atomic mass is 10.0. The standard InChI is InChI=1S/C15H19N3O2/c1-10-3-2-4-12(16)14(10)15(20)17-7-8-18-11(9-17)5-6-13(18)19/h2-4,11H,5-9,16H2,1H3. The van der Waals surface area contributed by atoms with Gasteiger partial charge in [-0.05, 0) is 25.0 Å². The van der Waals surface area contributed by atoms with E-state index in [2.05, 4.69) is 0 Å². The van der Waals surface area contributed by atoms with Gasteiger partial charge < -0.3 is 15.5 Å². The van der Waals surface area contributed by atoms with Gasteiger partial charge >= 0.3 is 0 Å². The number of hydrogen-bond donors (Lipinski definition) is 1. The van der Waals surface area contributed by atoms with E-state index >= 15 is 0 Å². The van der Waals surface area contributed by atoms with Crippen LogP contribution in [0.15, 0.2) is 18.2 Å². The maximum absolute atomic E-state index is 12.7. The van der Waals surface area contributed by atoms with Crippen molar-refractivity contribution in [3.05, 3.63) is 29.3 Å². The van der Waals surface area contributed by atoms with Crippen molar-refractivity contribution in [2.24, 2.45) is 0 Å². The number of nitrogen functional groups attached to an aromatic ring is 1. The second-order valence-corrected chi connectivity index (χ2v) is 5.57. The van der Waals surface area contributed by atoms with E-state index in [0.717, 1.165) is 12.0 Å². The van der Waals surface area contributed by atoms with Gasteiger partial charge in [0.2, 0.25) is 5.91 Å². The molecule has 5 heteroatoms. The van der Waals surface area contributed by atoms with E-state index in [1.165, 1.54) is 0 Å². The van der Waals surface area contributed by atoms with Crippen LogP contribution in [0.3, 0.4) is 0 Å². The van der Waals surface area contributed by atoms with Crippen LogP contribution in [0.4, 0.5) is 5.69 Å². The summed E-state index contributed by atoms with van der Waals surface area (Å²) in [6.45, 7) is 3.76. The molecule has 1 aromatic carbocycles. The van der Waals surface area contributed by atoms with Crippen molar-refractivity contribution in [1.82, 2.24) is 9.80 Å². The molecule has 2 aliphatic heterocycles. The van der Waals surface area contributed by atoms with Crippen LogP contribution < -0.4 is 5.73 Å². The Kier molecular flexibility index (Phi) is 3.12. The van der Waals surface area contributed by atoms with Gasteiger partial charge in [0, 0.05) is 37.8 Å². The molecular weight excluding hydrogens is 254 g/mol. The first-order chi connectivity index (χ1) is 9.58. The molecule has 2 amide bonds. The molecule has 2 aliphatic rings. The number of amides is 2. The lowest BCUT2D eigenvalue weighted by Crippen LogP contribution is -2.53. The number of benzene rings is 1. The van der Waals surface area contributed by atoms with Gasteiger partial charge in [0.1, 0.15) is 0 Å². The summed E-state index contributed by atoms with van der Waals surface area (Å²) in [6.07, 6.45) is 1.46. The number of nitrogens with two attached hydrogens (primary N) is 1. The third-order valence-electron chi connectivity index (χ3n) is 4.30. The fourth-order valence-electron chi connectivity index (χ4n) is 3.19. The highest BCUT2D eigenvalue weighted by molar-refractivity contribution is 6.00. The second-order valence-electron chi connectivity index (χ2n) is 5.57. The first kappa shape index (κ1) is 13.0. The van der Waals surface area contributed by atoms with Crippen LogP contribution in [0.1, 0.15) is 28.8 Å². The largest absolute Gasteiger partial charge is 0.398 e. The summed E-state index contributed by atoms with van der Waals surface area (Å²) in [7, 11) is 0. The van der Waals surface area contributed by atoms with Crippen LogP contribution in [0.5, 0.6) is 0 Å². The number of rotatable bonds is 1. The van der Waals surface area contributed by atoms with Crippen molar-refractivity contribution in [2.75, 3.05) is 25.4 Å². The molecule has 0 bridgehead atoms. The summed E-state index contributed by atoms with van der Waals surface area (Å²) in [5.41, 5.74) is 7.98. The van der Waals surface area contributed by atoms with Gasteiger partial charge in [0.25, 0.3) is 5.91 Å². The second kappa shape index (κ2) is 4.81. The zero-order chi connectivity index (χ0) is 14.3. The highest BCUT2D eigenvalue weighted by Gasteiger charge is 2.37. The van der Waals surface area contributed by atoms with Crippen LogP contribution >= 0.6 is 0 Å². The third-order valence-corrected chi connectivity index (χ3v) is 4.30. The van der Waals surface area contributed by atoms with Gasteiger partial charge in [-0.25, -0.2) is 0 Å². The predicted molar refractivity (Wildman–Crippen MR) is 76.2 cm³/mol. The van der Waals surface area contributed by atoms with Crippen LogP contribution in [-0.4, -0.2) is 47.3 Å². The average molecular weight is 273 g/mol. The summed E-state index contributed by atoms with van der Waals surface area (Å²) in [5.74, 6) is 0.206. The number of carbonyl (C=O) groups is 2.